The van der Waals surface area contributed by atoms with Crippen LogP contribution in [0.4, 0.5) is 0 Å². The number of allylic oxidation sites excluding steroid dienone is 1. The monoisotopic (exact) mass is 394 g/mol. The minimum absolute atomic E-state index is 0.824. The highest BCUT2D eigenvalue weighted by Crippen LogP contribution is 2.49. The Bertz CT molecular complexity index is 609. The fourth-order valence-corrected chi connectivity index (χ4v) is 5.24. The quantitative estimate of drug-likeness (QED) is 0.217. The van der Waals surface area contributed by atoms with Gasteiger partial charge >= 0.3 is 0 Å². The van der Waals surface area contributed by atoms with Crippen molar-refractivity contribution in [2.45, 2.75) is 135 Å². The molecule has 0 nitrogen and oxygen atoms in total. The summed E-state index contributed by atoms with van der Waals surface area (Å²) in [5.41, 5.74) is 6.39. The third kappa shape index (κ3) is 7.95. The molecule has 2 aliphatic carbocycles. The van der Waals surface area contributed by atoms with E-state index in [1.807, 2.05) is 0 Å². The topological polar surface area (TPSA) is 0 Å². The molecule has 1 aromatic rings. The number of fused-ring (bicyclic) bond motifs is 2. The summed E-state index contributed by atoms with van der Waals surface area (Å²) in [5, 5.41) is 0. The second-order valence-corrected chi connectivity index (χ2v) is 9.78. The molecule has 0 heteroatoms. The lowest BCUT2D eigenvalue weighted by molar-refractivity contribution is 0.524. The van der Waals surface area contributed by atoms with Crippen molar-refractivity contribution in [2.75, 3.05) is 0 Å². The number of hydrogen-bond donors (Lipinski definition) is 0. The average Bonchev–Trinajstić information content (AvgIpc) is 3.18. The fraction of sp³-hybridized carbons (Fsp3) is 0.724. The van der Waals surface area contributed by atoms with Gasteiger partial charge in [-0.3, -0.25) is 0 Å². The Labute approximate surface area is 181 Å². The lowest BCUT2D eigenvalue weighted by Gasteiger charge is -2.03. The third-order valence-electron chi connectivity index (χ3n) is 7.24. The Kier molecular flexibility index (Phi) is 10.4. The molecule has 0 saturated heterocycles. The molecule has 0 aliphatic heterocycles. The number of benzene rings is 1. The average molecular weight is 395 g/mol. The molecule has 0 N–H and O–H groups in total. The molecule has 0 radical (unpaired) electrons. The van der Waals surface area contributed by atoms with Crippen molar-refractivity contribution in [2.24, 2.45) is 0 Å². The van der Waals surface area contributed by atoms with Crippen LogP contribution in [-0.2, 0) is 6.42 Å². The van der Waals surface area contributed by atoms with E-state index in [-0.39, 0.29) is 0 Å². The van der Waals surface area contributed by atoms with Crippen LogP contribution in [-0.4, -0.2) is 0 Å². The maximum Gasteiger partial charge on any atom is 0.00955 e. The van der Waals surface area contributed by atoms with Crippen LogP contribution in [0.1, 0.15) is 151 Å². The summed E-state index contributed by atoms with van der Waals surface area (Å²) >= 11 is 0. The van der Waals surface area contributed by atoms with E-state index in [0.717, 1.165) is 12.3 Å². The molecular weight excluding hydrogens is 348 g/mol. The Morgan fingerprint density at radius 2 is 1.10 bits per heavy atom. The highest BCUT2D eigenvalue weighted by molar-refractivity contribution is 5.67. The molecule has 0 heterocycles. The van der Waals surface area contributed by atoms with Gasteiger partial charge in [0.25, 0.3) is 0 Å². The second-order valence-electron chi connectivity index (χ2n) is 9.78. The number of hydrogen-bond acceptors (Lipinski definition) is 0. The zero-order valence-electron chi connectivity index (χ0n) is 19.3. The van der Waals surface area contributed by atoms with Gasteiger partial charge in [-0.15, -0.1) is 0 Å². The van der Waals surface area contributed by atoms with Gasteiger partial charge in [0.1, 0.15) is 0 Å². The maximum absolute atomic E-state index is 2.49. The van der Waals surface area contributed by atoms with Gasteiger partial charge in [0.2, 0.25) is 0 Å². The number of rotatable bonds is 18. The van der Waals surface area contributed by atoms with Crippen LogP contribution in [0.3, 0.4) is 0 Å². The van der Waals surface area contributed by atoms with Gasteiger partial charge in [0, 0.05) is 5.92 Å². The van der Waals surface area contributed by atoms with Crippen molar-refractivity contribution < 1.29 is 0 Å². The largest absolute Gasteiger partial charge is 0.0795 e. The first-order valence-corrected chi connectivity index (χ1v) is 13.2. The van der Waals surface area contributed by atoms with Crippen LogP contribution >= 0.6 is 0 Å². The van der Waals surface area contributed by atoms with E-state index >= 15 is 0 Å². The van der Waals surface area contributed by atoms with Crippen molar-refractivity contribution in [3.05, 3.63) is 40.5 Å². The van der Waals surface area contributed by atoms with Gasteiger partial charge < -0.3 is 0 Å². The first kappa shape index (κ1) is 22.6. The minimum atomic E-state index is 0.824. The predicted octanol–water partition coefficient (Wildman–Crippen LogP) is 9.74. The fourth-order valence-electron chi connectivity index (χ4n) is 5.24. The molecular formula is C29H46. The van der Waals surface area contributed by atoms with E-state index in [4.69, 9.17) is 0 Å². The molecule has 0 aromatic heterocycles. The van der Waals surface area contributed by atoms with Gasteiger partial charge in [-0.05, 0) is 35.1 Å². The highest BCUT2D eigenvalue weighted by atomic mass is 14.4. The summed E-state index contributed by atoms with van der Waals surface area (Å²) < 4.78 is 0. The zero-order chi connectivity index (χ0) is 20.2. The molecule has 29 heavy (non-hydrogen) atoms. The summed E-state index contributed by atoms with van der Waals surface area (Å²) in [7, 11) is 0. The van der Waals surface area contributed by atoms with Crippen LogP contribution in [0, 0.1) is 0 Å². The van der Waals surface area contributed by atoms with Gasteiger partial charge in [-0.25, -0.2) is 0 Å². The van der Waals surface area contributed by atoms with Crippen LogP contribution in [0.5, 0.6) is 0 Å². The normalized spacial score (nSPS) is 16.2. The third-order valence-corrected chi connectivity index (χ3v) is 7.24. The van der Waals surface area contributed by atoms with Gasteiger partial charge in [-0.1, -0.05) is 140 Å². The van der Waals surface area contributed by atoms with E-state index in [1.165, 1.54) is 121 Å². The smallest absolute Gasteiger partial charge is 0.00955 e. The molecule has 1 atom stereocenters. The standard InChI is InChI=1S/C29H46/c1-2-3-4-5-6-7-8-9-10-11-12-13-14-15-16-17-18-22-27-28-23-25-20-19-21-26(25)24-29(27)28/h19-20,23-24,27H,2-18,21-22H2,1H3. The van der Waals surface area contributed by atoms with E-state index in [1.54, 1.807) is 16.7 Å². The van der Waals surface area contributed by atoms with Crippen molar-refractivity contribution in [3.63, 3.8) is 0 Å². The molecule has 0 saturated carbocycles. The molecule has 0 bridgehead atoms. The van der Waals surface area contributed by atoms with E-state index in [2.05, 4.69) is 31.2 Å². The van der Waals surface area contributed by atoms with Crippen molar-refractivity contribution in [3.8, 4) is 0 Å². The Morgan fingerprint density at radius 3 is 1.66 bits per heavy atom. The van der Waals surface area contributed by atoms with E-state index in [9.17, 15) is 0 Å². The molecule has 3 rings (SSSR count). The molecule has 0 spiro atoms. The van der Waals surface area contributed by atoms with Crippen molar-refractivity contribution in [1.82, 2.24) is 0 Å². The Balaban J connectivity index is 1.04. The van der Waals surface area contributed by atoms with Gasteiger partial charge in [0.05, 0.1) is 0 Å². The van der Waals surface area contributed by atoms with Crippen LogP contribution in [0.2, 0.25) is 0 Å². The molecule has 0 amide bonds. The first-order valence-electron chi connectivity index (χ1n) is 13.2. The summed E-state index contributed by atoms with van der Waals surface area (Å²) in [6, 6.07) is 4.95. The first-order chi connectivity index (χ1) is 14.4. The van der Waals surface area contributed by atoms with E-state index in [0.29, 0.717) is 0 Å². The molecule has 2 aliphatic rings. The maximum atomic E-state index is 2.49. The molecule has 0 fully saturated rings. The van der Waals surface area contributed by atoms with Gasteiger partial charge in [-0.2, -0.15) is 0 Å². The minimum Gasteiger partial charge on any atom is -0.0795 e. The molecule has 1 aromatic carbocycles. The van der Waals surface area contributed by atoms with Gasteiger partial charge in [0.15, 0.2) is 0 Å². The van der Waals surface area contributed by atoms with E-state index < -0.39 is 0 Å². The van der Waals surface area contributed by atoms with Crippen LogP contribution in [0.15, 0.2) is 18.2 Å². The lowest BCUT2D eigenvalue weighted by atomic mass is 10.0. The summed E-state index contributed by atoms with van der Waals surface area (Å²) in [4.78, 5) is 0. The number of unbranched alkanes of at least 4 members (excludes halogenated alkanes) is 16. The van der Waals surface area contributed by atoms with Crippen molar-refractivity contribution in [1.29, 1.82) is 0 Å². The Morgan fingerprint density at radius 1 is 0.621 bits per heavy atom. The summed E-state index contributed by atoms with van der Waals surface area (Å²) in [6.45, 7) is 2.30. The predicted molar refractivity (Wildman–Crippen MR) is 130 cm³/mol. The Hall–Kier alpha value is -1.04. The SMILES string of the molecule is CCCCCCCCCCCCCCCCCCCC1c2cc3c(cc21)CC=C3. The molecule has 162 valence electrons. The summed E-state index contributed by atoms with van der Waals surface area (Å²) in [5.74, 6) is 0.824. The van der Waals surface area contributed by atoms with Crippen LogP contribution < -0.4 is 0 Å². The highest BCUT2D eigenvalue weighted by Gasteiger charge is 2.32. The van der Waals surface area contributed by atoms with Crippen molar-refractivity contribution >= 4 is 6.08 Å². The lowest BCUT2D eigenvalue weighted by Crippen LogP contribution is -1.84. The summed E-state index contributed by atoms with van der Waals surface area (Å²) in [6.07, 6.45) is 32.0. The second kappa shape index (κ2) is 13.3. The zero-order valence-corrected chi connectivity index (χ0v) is 19.3. The molecule has 1 unspecified atom stereocenters. The van der Waals surface area contributed by atoms with Crippen LogP contribution in [0.25, 0.3) is 6.08 Å².